The van der Waals surface area contributed by atoms with Crippen molar-refractivity contribution in [1.29, 1.82) is 0 Å². The Morgan fingerprint density at radius 3 is 2.74 bits per heavy atom. The smallest absolute Gasteiger partial charge is 0.234 e. The number of fused-ring (bicyclic) bond motifs is 1. The lowest BCUT2D eigenvalue weighted by atomic mass is 10.1. The van der Waals surface area contributed by atoms with Crippen molar-refractivity contribution < 1.29 is 9.53 Å². The maximum atomic E-state index is 12.3. The van der Waals surface area contributed by atoms with Gasteiger partial charge < -0.3 is 14.6 Å². The largest absolute Gasteiger partial charge is 0.485 e. The number of hydrogen-bond donors (Lipinski definition) is 1. The van der Waals surface area contributed by atoms with Gasteiger partial charge in [0.05, 0.1) is 5.75 Å². The Kier molecular flexibility index (Phi) is 6.74. The molecule has 4 aromatic rings. The number of hydrogen-bond acceptors (Lipinski definition) is 5. The second kappa shape index (κ2) is 9.85. The Morgan fingerprint density at radius 2 is 1.90 bits per heavy atom. The van der Waals surface area contributed by atoms with E-state index in [1.54, 1.807) is 24.3 Å². The molecule has 1 aromatic heterocycles. The number of benzene rings is 3. The van der Waals surface area contributed by atoms with E-state index in [-0.39, 0.29) is 11.7 Å². The van der Waals surface area contributed by atoms with Gasteiger partial charge in [0.2, 0.25) is 5.91 Å². The summed E-state index contributed by atoms with van der Waals surface area (Å²) in [6.07, 6.45) is 0. The molecule has 31 heavy (non-hydrogen) atoms. The Labute approximate surface area is 189 Å². The summed E-state index contributed by atoms with van der Waals surface area (Å²) in [7, 11) is 0. The molecule has 0 aliphatic carbocycles. The first-order valence-electron chi connectivity index (χ1n) is 9.85. The molecule has 0 saturated carbocycles. The number of aromatic nitrogens is 3. The first-order chi connectivity index (χ1) is 15.1. The Hall–Kier alpha value is -3.03. The molecule has 0 spiro atoms. The summed E-state index contributed by atoms with van der Waals surface area (Å²) in [4.78, 5) is 12.3. The molecular weight excluding hydrogens is 432 g/mol. The van der Waals surface area contributed by atoms with Crippen LogP contribution in [0.4, 0.5) is 5.69 Å². The standard InChI is InChI=1S/C23H21ClN4O2S/c1-2-28-21(14-30-20-12-5-8-16-7-3-4-11-19(16)20)26-27-23(28)31-15-22(29)25-18-10-6-9-17(24)13-18/h3-13H,2,14-15H2,1H3,(H,25,29). The van der Waals surface area contributed by atoms with E-state index < -0.39 is 0 Å². The van der Waals surface area contributed by atoms with Gasteiger partial charge in [-0.3, -0.25) is 4.79 Å². The maximum Gasteiger partial charge on any atom is 0.234 e. The lowest BCUT2D eigenvalue weighted by Crippen LogP contribution is -2.15. The number of rotatable bonds is 8. The fraction of sp³-hybridized carbons (Fsp3) is 0.174. The van der Waals surface area contributed by atoms with Crippen LogP contribution < -0.4 is 10.1 Å². The van der Waals surface area contributed by atoms with Gasteiger partial charge in [0, 0.05) is 22.6 Å². The summed E-state index contributed by atoms with van der Waals surface area (Å²) in [6.45, 7) is 2.99. The highest BCUT2D eigenvalue weighted by Gasteiger charge is 2.14. The van der Waals surface area contributed by atoms with Crippen molar-refractivity contribution >= 4 is 45.7 Å². The predicted molar refractivity (Wildman–Crippen MR) is 125 cm³/mol. The van der Waals surface area contributed by atoms with E-state index in [0.717, 1.165) is 16.5 Å². The van der Waals surface area contributed by atoms with Crippen molar-refractivity contribution in [3.05, 3.63) is 77.6 Å². The van der Waals surface area contributed by atoms with Crippen LogP contribution in [0.2, 0.25) is 5.02 Å². The zero-order valence-corrected chi connectivity index (χ0v) is 18.5. The monoisotopic (exact) mass is 452 g/mol. The molecule has 1 amide bonds. The maximum absolute atomic E-state index is 12.3. The summed E-state index contributed by atoms with van der Waals surface area (Å²) in [5.74, 6) is 1.60. The fourth-order valence-corrected chi connectivity index (χ4v) is 4.22. The van der Waals surface area contributed by atoms with Gasteiger partial charge in [-0.05, 0) is 36.6 Å². The highest BCUT2D eigenvalue weighted by Crippen LogP contribution is 2.26. The molecular formula is C23H21ClN4O2S. The minimum absolute atomic E-state index is 0.133. The van der Waals surface area contributed by atoms with Crippen LogP contribution in [-0.2, 0) is 17.9 Å². The van der Waals surface area contributed by atoms with Gasteiger partial charge in [-0.2, -0.15) is 0 Å². The van der Waals surface area contributed by atoms with E-state index in [4.69, 9.17) is 16.3 Å². The second-order valence-corrected chi connectivity index (χ2v) is 8.14. The van der Waals surface area contributed by atoms with Crippen LogP contribution in [0.5, 0.6) is 5.75 Å². The van der Waals surface area contributed by atoms with Crippen molar-refractivity contribution in [2.24, 2.45) is 0 Å². The molecule has 4 rings (SSSR count). The summed E-state index contributed by atoms with van der Waals surface area (Å²) in [5, 5.41) is 14.8. The molecule has 0 atom stereocenters. The molecule has 0 fully saturated rings. The molecule has 0 aliphatic rings. The molecule has 0 unspecified atom stereocenters. The highest BCUT2D eigenvalue weighted by molar-refractivity contribution is 7.99. The molecule has 0 saturated heterocycles. The molecule has 8 heteroatoms. The number of halogens is 1. The number of carbonyl (C=O) groups is 1. The lowest BCUT2D eigenvalue weighted by Gasteiger charge is -2.11. The number of anilines is 1. The van der Waals surface area contributed by atoms with E-state index in [9.17, 15) is 4.79 Å². The van der Waals surface area contributed by atoms with E-state index in [1.807, 2.05) is 41.8 Å². The Balaban J connectivity index is 1.39. The van der Waals surface area contributed by atoms with Gasteiger partial charge in [0.1, 0.15) is 12.4 Å². The van der Waals surface area contributed by atoms with Gasteiger partial charge in [0.15, 0.2) is 11.0 Å². The molecule has 1 heterocycles. The second-order valence-electron chi connectivity index (χ2n) is 6.76. The molecule has 1 N–H and O–H groups in total. The fourth-order valence-electron chi connectivity index (χ4n) is 3.21. The van der Waals surface area contributed by atoms with Crippen LogP contribution >= 0.6 is 23.4 Å². The van der Waals surface area contributed by atoms with E-state index >= 15 is 0 Å². The normalized spacial score (nSPS) is 10.9. The minimum Gasteiger partial charge on any atom is -0.485 e. The zero-order valence-electron chi connectivity index (χ0n) is 16.9. The lowest BCUT2D eigenvalue weighted by molar-refractivity contribution is -0.113. The molecule has 0 aliphatic heterocycles. The Bertz CT molecular complexity index is 1210. The number of amides is 1. The van der Waals surface area contributed by atoms with Crippen LogP contribution in [0.1, 0.15) is 12.7 Å². The third-order valence-corrected chi connectivity index (χ3v) is 5.86. The van der Waals surface area contributed by atoms with Crippen LogP contribution in [0.15, 0.2) is 71.9 Å². The molecule has 3 aromatic carbocycles. The number of thioether (sulfide) groups is 1. The first-order valence-corrected chi connectivity index (χ1v) is 11.2. The highest BCUT2D eigenvalue weighted by atomic mass is 35.5. The predicted octanol–water partition coefficient (Wildman–Crippen LogP) is 5.41. The van der Waals surface area contributed by atoms with Crippen molar-refractivity contribution in [2.45, 2.75) is 25.2 Å². The third-order valence-electron chi connectivity index (χ3n) is 4.66. The third kappa shape index (κ3) is 5.18. The first kappa shape index (κ1) is 21.2. The van der Waals surface area contributed by atoms with Gasteiger partial charge in [0.25, 0.3) is 0 Å². The summed E-state index contributed by atoms with van der Waals surface area (Å²) < 4.78 is 8.01. The molecule has 0 radical (unpaired) electrons. The van der Waals surface area contributed by atoms with E-state index in [0.29, 0.717) is 34.8 Å². The molecule has 6 nitrogen and oxygen atoms in total. The van der Waals surface area contributed by atoms with Crippen LogP contribution in [0.25, 0.3) is 10.8 Å². The summed E-state index contributed by atoms with van der Waals surface area (Å²) >= 11 is 7.30. The SMILES string of the molecule is CCn1c(COc2cccc3ccccc23)nnc1SCC(=O)Nc1cccc(Cl)c1. The summed E-state index contributed by atoms with van der Waals surface area (Å²) in [6, 6.07) is 21.1. The average molecular weight is 453 g/mol. The topological polar surface area (TPSA) is 69.0 Å². The molecule has 158 valence electrons. The quantitative estimate of drug-likeness (QED) is 0.362. The minimum atomic E-state index is -0.133. The van der Waals surface area contributed by atoms with Gasteiger partial charge >= 0.3 is 0 Å². The van der Waals surface area contributed by atoms with Gasteiger partial charge in [-0.25, -0.2) is 0 Å². The average Bonchev–Trinajstić information content (AvgIpc) is 3.18. The van der Waals surface area contributed by atoms with Crippen LogP contribution in [-0.4, -0.2) is 26.4 Å². The number of nitrogens with zero attached hydrogens (tertiary/aromatic N) is 3. The number of nitrogens with one attached hydrogen (secondary N) is 1. The van der Waals surface area contributed by atoms with Crippen molar-refractivity contribution in [1.82, 2.24) is 14.8 Å². The van der Waals surface area contributed by atoms with Crippen molar-refractivity contribution in [3.8, 4) is 5.75 Å². The summed E-state index contributed by atoms with van der Waals surface area (Å²) in [5.41, 5.74) is 0.666. The van der Waals surface area contributed by atoms with E-state index in [2.05, 4.69) is 27.6 Å². The van der Waals surface area contributed by atoms with E-state index in [1.165, 1.54) is 11.8 Å². The zero-order chi connectivity index (χ0) is 21.6. The van der Waals surface area contributed by atoms with Gasteiger partial charge in [-0.15, -0.1) is 10.2 Å². The van der Waals surface area contributed by atoms with Gasteiger partial charge in [-0.1, -0.05) is 65.8 Å². The van der Waals surface area contributed by atoms with Crippen LogP contribution in [0.3, 0.4) is 0 Å². The Morgan fingerprint density at radius 1 is 1.10 bits per heavy atom. The molecule has 0 bridgehead atoms. The van der Waals surface area contributed by atoms with Crippen LogP contribution in [0, 0.1) is 0 Å². The number of carbonyl (C=O) groups excluding carboxylic acids is 1. The van der Waals surface area contributed by atoms with Crippen molar-refractivity contribution in [3.63, 3.8) is 0 Å². The van der Waals surface area contributed by atoms with Crippen molar-refractivity contribution in [2.75, 3.05) is 11.1 Å². The number of ether oxygens (including phenoxy) is 1.